The van der Waals surface area contributed by atoms with Gasteiger partial charge in [0.25, 0.3) is 0 Å². The molecule has 0 spiro atoms. The van der Waals surface area contributed by atoms with Crippen molar-refractivity contribution in [1.29, 1.82) is 0 Å². The van der Waals surface area contributed by atoms with E-state index in [1.54, 1.807) is 0 Å². The van der Waals surface area contributed by atoms with Crippen LogP contribution in [0.25, 0.3) is 0 Å². The Balaban J connectivity index is 2.22. The Morgan fingerprint density at radius 1 is 1.00 bits per heavy atom. The van der Waals surface area contributed by atoms with Gasteiger partial charge in [-0.05, 0) is 50.7 Å². The fourth-order valence-corrected chi connectivity index (χ4v) is 2.79. The summed E-state index contributed by atoms with van der Waals surface area (Å²) in [5.41, 5.74) is 1.75. The third-order valence-corrected chi connectivity index (χ3v) is 4.15. The summed E-state index contributed by atoms with van der Waals surface area (Å²) in [6.45, 7) is 4.09. The molecule has 19 heavy (non-hydrogen) atoms. The third-order valence-electron chi connectivity index (χ3n) is 4.15. The van der Waals surface area contributed by atoms with Crippen molar-refractivity contribution < 1.29 is 4.79 Å². The molecule has 0 aromatic heterocycles. The van der Waals surface area contributed by atoms with E-state index >= 15 is 0 Å². The van der Waals surface area contributed by atoms with Crippen molar-refractivity contribution in [3.8, 4) is 0 Å². The topological polar surface area (TPSA) is 17.1 Å². The average molecular weight is 256 g/mol. The first-order valence-electron chi connectivity index (χ1n) is 7.42. The minimum absolute atomic E-state index is 0.306. The number of hydrogen-bond donors (Lipinski definition) is 0. The number of carbonyl (C=O) groups excluding carboxylic acids is 1. The van der Waals surface area contributed by atoms with Crippen LogP contribution in [-0.2, 0) is 10.2 Å². The summed E-state index contributed by atoms with van der Waals surface area (Å²) in [6.07, 6.45) is 9.15. The number of carbonyl (C=O) groups is 1. The van der Waals surface area contributed by atoms with Crippen molar-refractivity contribution in [3.05, 3.63) is 47.5 Å². The Hall–Kier alpha value is -1.37. The van der Waals surface area contributed by atoms with Crippen LogP contribution in [0.15, 0.2) is 42.0 Å². The Morgan fingerprint density at radius 2 is 1.68 bits per heavy atom. The highest BCUT2D eigenvalue weighted by atomic mass is 16.1. The maximum absolute atomic E-state index is 12.8. The molecule has 102 valence electrons. The molecule has 1 heteroatoms. The van der Waals surface area contributed by atoms with Gasteiger partial charge in [0.15, 0.2) is 5.78 Å². The molecule has 1 nitrogen and oxygen atoms in total. The summed E-state index contributed by atoms with van der Waals surface area (Å²) in [5, 5.41) is 0. The fraction of sp³-hybridized carbons (Fsp3) is 0.500. The van der Waals surface area contributed by atoms with Crippen LogP contribution in [0.2, 0.25) is 0 Å². The zero-order valence-electron chi connectivity index (χ0n) is 12.1. The van der Waals surface area contributed by atoms with Crippen LogP contribution in [0.3, 0.4) is 0 Å². The van der Waals surface area contributed by atoms with Gasteiger partial charge in [0, 0.05) is 0 Å². The molecule has 0 saturated heterocycles. The van der Waals surface area contributed by atoms with E-state index in [9.17, 15) is 4.79 Å². The third kappa shape index (κ3) is 3.34. The minimum atomic E-state index is -0.410. The molecule has 1 aromatic rings. The van der Waals surface area contributed by atoms with Gasteiger partial charge in [0.05, 0.1) is 5.41 Å². The van der Waals surface area contributed by atoms with Crippen LogP contribution in [0, 0.1) is 0 Å². The molecule has 0 bridgehead atoms. The lowest BCUT2D eigenvalue weighted by molar-refractivity contribution is -0.120. The quantitative estimate of drug-likeness (QED) is 0.758. The lowest BCUT2D eigenvalue weighted by atomic mass is 9.76. The van der Waals surface area contributed by atoms with Gasteiger partial charge in [0.1, 0.15) is 0 Å². The van der Waals surface area contributed by atoms with E-state index in [-0.39, 0.29) is 0 Å². The molecular weight excluding hydrogens is 232 g/mol. The highest BCUT2D eigenvalue weighted by Gasteiger charge is 2.31. The van der Waals surface area contributed by atoms with Crippen LogP contribution < -0.4 is 0 Å². The van der Waals surface area contributed by atoms with E-state index in [4.69, 9.17) is 0 Å². The van der Waals surface area contributed by atoms with Gasteiger partial charge in [0.2, 0.25) is 0 Å². The number of allylic oxidation sites excluding steroid dienone is 2. The van der Waals surface area contributed by atoms with Crippen LogP contribution in [0.4, 0.5) is 0 Å². The summed E-state index contributed by atoms with van der Waals surface area (Å²) in [5.74, 6) is 0.306. The normalized spacial score (nSPS) is 20.0. The van der Waals surface area contributed by atoms with Gasteiger partial charge in [-0.1, -0.05) is 49.2 Å². The van der Waals surface area contributed by atoms with Crippen LogP contribution in [-0.4, -0.2) is 5.78 Å². The SMILES string of the molecule is CC(C)(C(=O)/C1=C/CCCCCC1)c1ccccc1. The second-order valence-electron chi connectivity index (χ2n) is 6.00. The number of benzene rings is 1. The van der Waals surface area contributed by atoms with Gasteiger partial charge in [-0.15, -0.1) is 0 Å². The van der Waals surface area contributed by atoms with Gasteiger partial charge in [-0.2, -0.15) is 0 Å². The molecular formula is C18H24O. The lowest BCUT2D eigenvalue weighted by Gasteiger charge is -2.26. The standard InChI is InChI=1S/C18H24O/c1-18(2,16-13-9-6-10-14-16)17(19)15-11-7-4-3-5-8-12-15/h6,9-11,13-14H,3-5,7-8,12H2,1-2H3/b15-11+. The Bertz CT molecular complexity index is 454. The predicted octanol–water partition coefficient (Wildman–Crippen LogP) is 4.81. The van der Waals surface area contributed by atoms with E-state index in [1.807, 2.05) is 32.0 Å². The monoisotopic (exact) mass is 256 g/mol. The molecule has 0 heterocycles. The first-order valence-corrected chi connectivity index (χ1v) is 7.42. The Morgan fingerprint density at radius 3 is 2.42 bits per heavy atom. The molecule has 0 unspecified atom stereocenters. The highest BCUT2D eigenvalue weighted by molar-refractivity contribution is 6.02. The van der Waals surface area contributed by atoms with Crippen molar-refractivity contribution in [3.63, 3.8) is 0 Å². The molecule has 0 radical (unpaired) electrons. The van der Waals surface area contributed by atoms with Crippen LogP contribution in [0.5, 0.6) is 0 Å². The molecule has 0 fully saturated rings. The summed E-state index contributed by atoms with van der Waals surface area (Å²) in [4.78, 5) is 12.8. The average Bonchev–Trinajstić information content (AvgIpc) is 2.39. The van der Waals surface area contributed by atoms with E-state index in [2.05, 4.69) is 18.2 Å². The molecule has 0 saturated carbocycles. The number of rotatable bonds is 3. The zero-order chi connectivity index (χ0) is 13.7. The van der Waals surface area contributed by atoms with Gasteiger partial charge >= 0.3 is 0 Å². The van der Waals surface area contributed by atoms with Crippen molar-refractivity contribution in [1.82, 2.24) is 0 Å². The molecule has 2 rings (SSSR count). The van der Waals surface area contributed by atoms with Crippen molar-refractivity contribution in [2.75, 3.05) is 0 Å². The molecule has 1 aliphatic carbocycles. The highest BCUT2D eigenvalue weighted by Crippen LogP contribution is 2.30. The first-order chi connectivity index (χ1) is 9.12. The first kappa shape index (κ1) is 14.0. The fourth-order valence-electron chi connectivity index (χ4n) is 2.79. The number of ketones is 1. The molecule has 1 aliphatic rings. The van der Waals surface area contributed by atoms with E-state index in [0.29, 0.717) is 5.78 Å². The summed E-state index contributed by atoms with van der Waals surface area (Å²) in [7, 11) is 0. The second kappa shape index (κ2) is 6.18. The number of hydrogen-bond acceptors (Lipinski definition) is 1. The summed E-state index contributed by atoms with van der Waals surface area (Å²) >= 11 is 0. The zero-order valence-corrected chi connectivity index (χ0v) is 12.1. The molecule has 0 amide bonds. The summed E-state index contributed by atoms with van der Waals surface area (Å²) in [6, 6.07) is 10.1. The smallest absolute Gasteiger partial charge is 0.168 e. The van der Waals surface area contributed by atoms with Crippen LogP contribution in [0.1, 0.15) is 57.9 Å². The lowest BCUT2D eigenvalue weighted by Crippen LogP contribution is -2.30. The number of Topliss-reactive ketones (excluding diaryl/α,β-unsaturated/α-hetero) is 1. The Kier molecular flexibility index (Phi) is 4.57. The predicted molar refractivity (Wildman–Crippen MR) is 80.3 cm³/mol. The molecule has 0 atom stereocenters. The van der Waals surface area contributed by atoms with E-state index < -0.39 is 5.41 Å². The van der Waals surface area contributed by atoms with Crippen molar-refractivity contribution in [2.45, 2.75) is 57.8 Å². The molecule has 0 aliphatic heterocycles. The molecule has 1 aromatic carbocycles. The molecule has 0 N–H and O–H groups in total. The van der Waals surface area contributed by atoms with E-state index in [0.717, 1.165) is 30.4 Å². The maximum atomic E-state index is 12.8. The summed E-state index contributed by atoms with van der Waals surface area (Å²) < 4.78 is 0. The largest absolute Gasteiger partial charge is 0.294 e. The Labute approximate surface area is 116 Å². The van der Waals surface area contributed by atoms with Gasteiger partial charge in [-0.3, -0.25) is 4.79 Å². The van der Waals surface area contributed by atoms with Crippen molar-refractivity contribution >= 4 is 5.78 Å². The maximum Gasteiger partial charge on any atom is 0.168 e. The second-order valence-corrected chi connectivity index (χ2v) is 6.00. The van der Waals surface area contributed by atoms with Crippen molar-refractivity contribution in [2.24, 2.45) is 0 Å². The van der Waals surface area contributed by atoms with E-state index in [1.165, 1.54) is 19.3 Å². The van der Waals surface area contributed by atoms with Gasteiger partial charge < -0.3 is 0 Å². The van der Waals surface area contributed by atoms with Gasteiger partial charge in [-0.25, -0.2) is 0 Å². The minimum Gasteiger partial charge on any atom is -0.294 e. The van der Waals surface area contributed by atoms with Crippen LogP contribution >= 0.6 is 0 Å².